The summed E-state index contributed by atoms with van der Waals surface area (Å²) in [6.45, 7) is 3.50. The maximum absolute atomic E-state index is 13.6. The molecule has 1 aliphatic heterocycles. The molecule has 0 aliphatic carbocycles. The fraction of sp³-hybridized carbons (Fsp3) is 0.310. The van der Waals surface area contributed by atoms with Crippen molar-refractivity contribution in [2.45, 2.75) is 25.4 Å². The first kappa shape index (κ1) is 26.6. The number of likely N-dealkylation sites (tertiary alicyclic amines) is 1. The normalized spacial score (nSPS) is 14.8. The third-order valence-corrected chi connectivity index (χ3v) is 7.41. The number of piperidine rings is 1. The van der Waals surface area contributed by atoms with E-state index in [-0.39, 0.29) is 11.8 Å². The summed E-state index contributed by atoms with van der Waals surface area (Å²) < 4.78 is 5.98. The van der Waals surface area contributed by atoms with Crippen LogP contribution in [-0.4, -0.2) is 65.0 Å². The molecule has 0 saturated carbocycles. The summed E-state index contributed by atoms with van der Waals surface area (Å²) in [6, 6.07) is 19.2. The number of rotatable bonds is 8. The molecule has 9 nitrogen and oxygen atoms in total. The predicted octanol–water partition coefficient (Wildman–Crippen LogP) is 4.60. The van der Waals surface area contributed by atoms with Gasteiger partial charge in [0.05, 0.1) is 11.0 Å². The monoisotopic (exact) mass is 546 g/mol. The molecule has 0 atom stereocenters. The molecule has 10 heteroatoms. The van der Waals surface area contributed by atoms with Gasteiger partial charge < -0.3 is 25.3 Å². The third-order valence-electron chi connectivity index (χ3n) is 7.16. The van der Waals surface area contributed by atoms with Gasteiger partial charge in [-0.25, -0.2) is 9.97 Å². The maximum Gasteiger partial charge on any atom is 0.270 e. The number of aromatic nitrogens is 3. The lowest BCUT2D eigenvalue weighted by atomic mass is 9.84. The van der Waals surface area contributed by atoms with Crippen molar-refractivity contribution in [3.8, 4) is 11.4 Å². The lowest BCUT2D eigenvalue weighted by Gasteiger charge is -2.41. The van der Waals surface area contributed by atoms with Crippen LogP contribution in [0.2, 0.25) is 5.02 Å². The van der Waals surface area contributed by atoms with Gasteiger partial charge in [0.1, 0.15) is 17.2 Å². The zero-order valence-corrected chi connectivity index (χ0v) is 22.7. The topological polar surface area (TPSA) is 112 Å². The number of methoxy groups -OCH3 is 1. The predicted molar refractivity (Wildman–Crippen MR) is 152 cm³/mol. The standard InChI is InChI=1S/C29H31ClN6O3/c1-19(37)31-14-15-32-26-23-18-24(33-27(23)35-25(34-26)20-6-4-3-5-7-20)28(38)36-16-12-29(39-2,13-17-36)21-8-10-22(30)11-9-21/h3-11,18H,12-17H2,1-2H3,(H,31,37)(H2,32,33,34,35). The average molecular weight is 547 g/mol. The molecule has 1 saturated heterocycles. The van der Waals surface area contributed by atoms with Crippen LogP contribution in [0.25, 0.3) is 22.4 Å². The van der Waals surface area contributed by atoms with Crippen LogP contribution in [0.3, 0.4) is 0 Å². The highest BCUT2D eigenvalue weighted by Crippen LogP contribution is 2.37. The van der Waals surface area contributed by atoms with Gasteiger partial charge in [0, 0.05) is 50.8 Å². The fourth-order valence-corrected chi connectivity index (χ4v) is 5.13. The number of nitrogens with zero attached hydrogens (tertiary/aromatic N) is 3. The van der Waals surface area contributed by atoms with E-state index in [1.165, 1.54) is 6.92 Å². The number of nitrogens with one attached hydrogen (secondary N) is 3. The van der Waals surface area contributed by atoms with Gasteiger partial charge in [0.2, 0.25) is 5.91 Å². The van der Waals surface area contributed by atoms with E-state index in [1.807, 2.05) is 59.5 Å². The molecule has 1 aliphatic rings. The average Bonchev–Trinajstić information content (AvgIpc) is 3.40. The van der Waals surface area contributed by atoms with E-state index < -0.39 is 5.60 Å². The van der Waals surface area contributed by atoms with Gasteiger partial charge in [0.15, 0.2) is 5.82 Å². The van der Waals surface area contributed by atoms with Crippen LogP contribution in [0.5, 0.6) is 0 Å². The second-order valence-electron chi connectivity index (χ2n) is 9.61. The Morgan fingerprint density at radius 1 is 1.05 bits per heavy atom. The Morgan fingerprint density at radius 2 is 1.77 bits per heavy atom. The molecule has 2 aromatic heterocycles. The number of anilines is 1. The highest BCUT2D eigenvalue weighted by molar-refractivity contribution is 6.30. The van der Waals surface area contributed by atoms with Crippen LogP contribution in [-0.2, 0) is 15.1 Å². The minimum atomic E-state index is -0.455. The van der Waals surface area contributed by atoms with Gasteiger partial charge in [0.25, 0.3) is 5.91 Å². The van der Waals surface area contributed by atoms with Crippen molar-refractivity contribution in [1.82, 2.24) is 25.2 Å². The van der Waals surface area contributed by atoms with Crippen molar-refractivity contribution in [2.24, 2.45) is 0 Å². The highest BCUT2D eigenvalue weighted by Gasteiger charge is 2.38. The smallest absolute Gasteiger partial charge is 0.270 e. The Kier molecular flexibility index (Phi) is 7.81. The summed E-state index contributed by atoms with van der Waals surface area (Å²) >= 11 is 6.08. The lowest BCUT2D eigenvalue weighted by molar-refractivity contribution is -0.118. The number of fused-ring (bicyclic) bond motifs is 1. The van der Waals surface area contributed by atoms with Crippen LogP contribution in [0, 0.1) is 0 Å². The SMILES string of the molecule is COC1(c2ccc(Cl)cc2)CCN(C(=O)c2cc3c(NCCNC(C)=O)nc(-c4ccccc4)nc3[nH]2)CC1. The number of hydrogen-bond donors (Lipinski definition) is 3. The molecule has 2 aromatic carbocycles. The number of aromatic amines is 1. The molecule has 0 spiro atoms. The first-order valence-corrected chi connectivity index (χ1v) is 13.3. The van der Waals surface area contributed by atoms with Gasteiger partial charge in [-0.1, -0.05) is 54.1 Å². The Bertz CT molecular complexity index is 1460. The number of carbonyl (C=O) groups is 2. The van der Waals surface area contributed by atoms with Gasteiger partial charge in [-0.2, -0.15) is 0 Å². The summed E-state index contributed by atoms with van der Waals surface area (Å²) in [6.07, 6.45) is 1.34. The number of hydrogen-bond acceptors (Lipinski definition) is 6. The Morgan fingerprint density at radius 3 is 2.44 bits per heavy atom. The number of benzene rings is 2. The van der Waals surface area contributed by atoms with E-state index in [0.717, 1.165) is 11.1 Å². The third kappa shape index (κ3) is 5.74. The Labute approximate surface area is 231 Å². The summed E-state index contributed by atoms with van der Waals surface area (Å²) in [4.78, 5) is 39.4. The van der Waals surface area contributed by atoms with Crippen molar-refractivity contribution in [1.29, 1.82) is 0 Å². The van der Waals surface area contributed by atoms with E-state index in [0.29, 0.717) is 72.4 Å². The maximum atomic E-state index is 13.6. The van der Waals surface area contributed by atoms with Crippen molar-refractivity contribution in [3.05, 3.63) is 76.9 Å². The van der Waals surface area contributed by atoms with Crippen molar-refractivity contribution < 1.29 is 14.3 Å². The molecule has 0 unspecified atom stereocenters. The minimum Gasteiger partial charge on any atom is -0.373 e. The zero-order valence-electron chi connectivity index (χ0n) is 22.0. The second-order valence-corrected chi connectivity index (χ2v) is 10.1. The van der Waals surface area contributed by atoms with Crippen LogP contribution < -0.4 is 10.6 Å². The molecular formula is C29H31ClN6O3. The molecule has 1 fully saturated rings. The fourth-order valence-electron chi connectivity index (χ4n) is 5.00. The molecular weight excluding hydrogens is 516 g/mol. The summed E-state index contributed by atoms with van der Waals surface area (Å²) in [5.41, 5.74) is 2.49. The molecule has 202 valence electrons. The molecule has 2 amide bonds. The first-order chi connectivity index (χ1) is 18.9. The summed E-state index contributed by atoms with van der Waals surface area (Å²) in [5.74, 6) is 0.939. The summed E-state index contributed by atoms with van der Waals surface area (Å²) in [5, 5.41) is 7.45. The molecule has 39 heavy (non-hydrogen) atoms. The number of carbonyl (C=O) groups excluding carboxylic acids is 2. The first-order valence-electron chi connectivity index (χ1n) is 12.9. The number of amides is 2. The van der Waals surface area contributed by atoms with E-state index in [2.05, 4.69) is 15.6 Å². The molecule has 3 N–H and O–H groups in total. The van der Waals surface area contributed by atoms with E-state index in [9.17, 15) is 9.59 Å². The van der Waals surface area contributed by atoms with E-state index >= 15 is 0 Å². The largest absolute Gasteiger partial charge is 0.373 e. The molecule has 0 bridgehead atoms. The van der Waals surface area contributed by atoms with Gasteiger partial charge in [-0.05, 0) is 36.6 Å². The van der Waals surface area contributed by atoms with E-state index in [1.54, 1.807) is 13.2 Å². The quantitative estimate of drug-likeness (QED) is 0.278. The number of H-pyrrole nitrogens is 1. The van der Waals surface area contributed by atoms with Crippen LogP contribution in [0.1, 0.15) is 35.8 Å². The lowest BCUT2D eigenvalue weighted by Crippen LogP contribution is -2.46. The second kappa shape index (κ2) is 11.4. The molecule has 3 heterocycles. The number of ether oxygens (including phenoxy) is 1. The molecule has 0 radical (unpaired) electrons. The van der Waals surface area contributed by atoms with Gasteiger partial charge in [-0.3, -0.25) is 9.59 Å². The number of halogens is 1. The van der Waals surface area contributed by atoms with Crippen molar-refractivity contribution in [3.63, 3.8) is 0 Å². The zero-order chi connectivity index (χ0) is 27.4. The van der Waals surface area contributed by atoms with Crippen molar-refractivity contribution >= 4 is 40.3 Å². The van der Waals surface area contributed by atoms with Gasteiger partial charge in [-0.15, -0.1) is 0 Å². The van der Waals surface area contributed by atoms with Crippen molar-refractivity contribution in [2.75, 3.05) is 38.6 Å². The minimum absolute atomic E-state index is 0.0979. The van der Waals surface area contributed by atoms with Crippen LogP contribution in [0.15, 0.2) is 60.7 Å². The molecule has 5 rings (SSSR count). The van der Waals surface area contributed by atoms with Crippen LogP contribution >= 0.6 is 11.6 Å². The summed E-state index contributed by atoms with van der Waals surface area (Å²) in [7, 11) is 1.72. The van der Waals surface area contributed by atoms with Crippen LogP contribution in [0.4, 0.5) is 5.82 Å². The highest BCUT2D eigenvalue weighted by atomic mass is 35.5. The van der Waals surface area contributed by atoms with E-state index in [4.69, 9.17) is 26.3 Å². The Hall–Kier alpha value is -3.95. The van der Waals surface area contributed by atoms with Gasteiger partial charge >= 0.3 is 0 Å². The molecule has 4 aromatic rings. The Balaban J connectivity index is 1.38.